The Hall–Kier alpha value is -1.49. The highest BCUT2D eigenvalue weighted by Crippen LogP contribution is 2.48. The number of alkyl halides is 1. The van der Waals surface area contributed by atoms with Gasteiger partial charge < -0.3 is 18.7 Å². The first-order valence-corrected chi connectivity index (χ1v) is 13.8. The van der Waals surface area contributed by atoms with Gasteiger partial charge in [-0.1, -0.05) is 15.9 Å². The van der Waals surface area contributed by atoms with Crippen LogP contribution in [0, 0.1) is 0 Å². The van der Waals surface area contributed by atoms with E-state index in [2.05, 4.69) is 20.7 Å². The minimum absolute atomic E-state index is 0.0649. The van der Waals surface area contributed by atoms with Gasteiger partial charge in [-0.05, 0) is 50.3 Å². The van der Waals surface area contributed by atoms with Gasteiger partial charge in [-0.2, -0.15) is 0 Å². The summed E-state index contributed by atoms with van der Waals surface area (Å²) in [6.07, 6.45) is 0.431. The van der Waals surface area contributed by atoms with Crippen molar-refractivity contribution >= 4 is 35.1 Å². The largest absolute Gasteiger partial charge is 0.539 e. The number of furan rings is 1. The molecule has 2 rings (SSSR count). The van der Waals surface area contributed by atoms with Crippen LogP contribution in [-0.2, 0) is 10.9 Å². The molecule has 2 N–H and O–H groups in total. The zero-order valence-electron chi connectivity index (χ0n) is 15.6. The fourth-order valence-corrected chi connectivity index (χ4v) is 4.04. The topological polar surface area (TPSA) is 98.0 Å². The minimum Gasteiger partial charge on any atom is -0.539 e. The molecule has 0 spiro atoms. The third-order valence-corrected chi connectivity index (χ3v) is 5.72. The van der Waals surface area contributed by atoms with E-state index in [4.69, 9.17) is 13.6 Å². The summed E-state index contributed by atoms with van der Waals surface area (Å²) in [6.45, 7) is 6.25. The second-order valence-corrected chi connectivity index (χ2v) is 13.2. The van der Waals surface area contributed by atoms with Gasteiger partial charge in [-0.15, -0.1) is 0 Å². The van der Waals surface area contributed by atoms with Crippen LogP contribution in [0.4, 0.5) is 0 Å². The van der Waals surface area contributed by atoms with E-state index in [1.54, 1.807) is 31.4 Å². The van der Waals surface area contributed by atoms with Crippen LogP contribution >= 0.6 is 15.9 Å². The lowest BCUT2D eigenvalue weighted by molar-refractivity contribution is 0.414. The molecule has 27 heavy (non-hydrogen) atoms. The minimum atomic E-state index is -2.66. The van der Waals surface area contributed by atoms with Gasteiger partial charge in [-0.25, -0.2) is 13.1 Å². The number of hydrogen-bond acceptors (Lipinski definition) is 6. The number of halogens is 1. The fourth-order valence-electron chi connectivity index (χ4n) is 2.39. The van der Waals surface area contributed by atoms with E-state index in [0.717, 1.165) is 0 Å². The van der Waals surface area contributed by atoms with Crippen LogP contribution in [0.3, 0.4) is 0 Å². The first-order chi connectivity index (χ1) is 12.6. The molecule has 1 atom stereocenters. The molecule has 0 bridgehead atoms. The number of ether oxygens (including phenoxy) is 1. The Kier molecular flexibility index (Phi) is 7.37. The molecule has 0 aliphatic rings. The highest BCUT2D eigenvalue weighted by Gasteiger charge is 2.30. The number of thiol groups is 1. The van der Waals surface area contributed by atoms with Gasteiger partial charge in [0.15, 0.2) is 17.3 Å². The Morgan fingerprint density at radius 1 is 1.26 bits per heavy atom. The predicted octanol–water partition coefficient (Wildman–Crippen LogP) is 3.82. The first kappa shape index (κ1) is 21.8. The second-order valence-electron chi connectivity index (χ2n) is 6.84. The Bertz CT molecular complexity index is 836. The summed E-state index contributed by atoms with van der Waals surface area (Å²) in [7, 11) is -3.11. The maximum atomic E-state index is 10.8. The number of rotatable bonds is 9. The van der Waals surface area contributed by atoms with Gasteiger partial charge >= 0.3 is 0 Å². The molecule has 0 fully saturated rings. The Balaban J connectivity index is 2.40. The summed E-state index contributed by atoms with van der Waals surface area (Å²) >= 11 is 3.51. The number of methoxy groups -OCH3 is 1. The lowest BCUT2D eigenvalue weighted by atomic mass is 10.1. The van der Waals surface area contributed by atoms with Crippen molar-refractivity contribution < 1.29 is 27.1 Å². The van der Waals surface area contributed by atoms with Crippen molar-refractivity contribution in [3.8, 4) is 28.6 Å². The van der Waals surface area contributed by atoms with Gasteiger partial charge in [0.1, 0.15) is 5.75 Å². The Labute approximate surface area is 170 Å². The maximum absolute atomic E-state index is 10.8. The molecule has 2 aromatic rings. The van der Waals surface area contributed by atoms with Gasteiger partial charge in [0.25, 0.3) is 0 Å². The van der Waals surface area contributed by atoms with Crippen LogP contribution in [0.25, 0.3) is 11.3 Å². The van der Waals surface area contributed by atoms with Gasteiger partial charge in [-0.3, -0.25) is 0 Å². The molecule has 0 saturated heterocycles. The van der Waals surface area contributed by atoms with Crippen molar-refractivity contribution in [2.45, 2.75) is 30.9 Å². The maximum Gasteiger partial charge on any atom is 0.242 e. The molecule has 7 nitrogen and oxygen atoms in total. The van der Waals surface area contributed by atoms with E-state index >= 15 is 0 Å². The standard InChI is InChI=1S/C17H24BrNO6SSi/c1-23-12-7-5-11(6-8-12)15-14(20)17(25-27(2,3)4)16(24-15)13(18)9-10-19-26(21)22/h5-8,13,20,26H,9-10H2,1-4H3,(H,19,21,22). The summed E-state index contributed by atoms with van der Waals surface area (Å²) in [5, 5.41) is 10.8. The molecule has 0 aliphatic heterocycles. The fraction of sp³-hybridized carbons (Fsp3) is 0.412. The highest BCUT2D eigenvalue weighted by atomic mass is 79.9. The molecule has 150 valence electrons. The van der Waals surface area contributed by atoms with E-state index in [9.17, 15) is 13.5 Å². The molecule has 0 radical (unpaired) electrons. The molecule has 1 aromatic heterocycles. The van der Waals surface area contributed by atoms with Crippen LogP contribution in [0.2, 0.25) is 19.6 Å². The van der Waals surface area contributed by atoms with Crippen molar-refractivity contribution in [3.63, 3.8) is 0 Å². The molecule has 0 saturated carbocycles. The number of benzene rings is 1. The van der Waals surface area contributed by atoms with Crippen LogP contribution in [0.15, 0.2) is 28.7 Å². The van der Waals surface area contributed by atoms with Gasteiger partial charge in [0.05, 0.1) is 11.9 Å². The van der Waals surface area contributed by atoms with Gasteiger partial charge in [0.2, 0.25) is 25.0 Å². The number of aromatic hydroxyl groups is 1. The summed E-state index contributed by atoms with van der Waals surface area (Å²) in [6, 6.07) is 7.12. The summed E-state index contributed by atoms with van der Waals surface area (Å²) in [4.78, 5) is -0.329. The van der Waals surface area contributed by atoms with Crippen molar-refractivity contribution in [3.05, 3.63) is 30.0 Å². The van der Waals surface area contributed by atoms with Crippen molar-refractivity contribution in [1.29, 1.82) is 0 Å². The zero-order valence-corrected chi connectivity index (χ0v) is 19.1. The first-order valence-electron chi connectivity index (χ1n) is 8.33. The van der Waals surface area contributed by atoms with E-state index in [1.165, 1.54) is 0 Å². The Morgan fingerprint density at radius 3 is 2.41 bits per heavy atom. The average Bonchev–Trinajstić information content (AvgIpc) is 2.90. The molecule has 1 heterocycles. The Morgan fingerprint density at radius 2 is 1.89 bits per heavy atom. The summed E-state index contributed by atoms with van der Waals surface area (Å²) in [5.74, 6) is 1.66. The molecular weight excluding hydrogens is 454 g/mol. The monoisotopic (exact) mass is 477 g/mol. The summed E-state index contributed by atoms with van der Waals surface area (Å²) in [5.41, 5.74) is 0.681. The van der Waals surface area contributed by atoms with Crippen LogP contribution in [0.1, 0.15) is 17.0 Å². The lowest BCUT2D eigenvalue weighted by Gasteiger charge is -2.20. The molecular formula is C17H24BrNO6SSi. The van der Waals surface area contributed by atoms with Gasteiger partial charge in [0, 0.05) is 12.1 Å². The van der Waals surface area contributed by atoms with E-state index in [0.29, 0.717) is 35.0 Å². The molecule has 0 amide bonds. The molecule has 1 unspecified atom stereocenters. The van der Waals surface area contributed by atoms with Crippen LogP contribution in [0.5, 0.6) is 17.2 Å². The van der Waals surface area contributed by atoms with Crippen LogP contribution in [-0.4, -0.2) is 35.5 Å². The van der Waals surface area contributed by atoms with Crippen LogP contribution < -0.4 is 13.9 Å². The highest BCUT2D eigenvalue weighted by molar-refractivity contribution is 9.09. The number of nitrogens with one attached hydrogen (secondary N) is 1. The summed E-state index contributed by atoms with van der Waals surface area (Å²) < 4.78 is 40.9. The lowest BCUT2D eigenvalue weighted by Crippen LogP contribution is -2.29. The molecule has 0 aliphatic carbocycles. The molecule has 10 heteroatoms. The molecule has 1 aromatic carbocycles. The van der Waals surface area contributed by atoms with E-state index < -0.39 is 19.2 Å². The van der Waals surface area contributed by atoms with Crippen molar-refractivity contribution in [2.24, 2.45) is 0 Å². The third kappa shape index (κ3) is 5.99. The van der Waals surface area contributed by atoms with Crippen molar-refractivity contribution in [2.75, 3.05) is 13.7 Å². The van der Waals surface area contributed by atoms with E-state index in [1.807, 2.05) is 19.6 Å². The zero-order chi connectivity index (χ0) is 20.2. The SMILES string of the molecule is COc1ccc(-c2oc(C(Br)CCN[SH](=O)=O)c(O[Si](C)(C)C)c2O)cc1. The third-order valence-electron chi connectivity index (χ3n) is 3.55. The second kappa shape index (κ2) is 9.13. The van der Waals surface area contributed by atoms with E-state index in [-0.39, 0.29) is 17.1 Å². The predicted molar refractivity (Wildman–Crippen MR) is 111 cm³/mol. The smallest absolute Gasteiger partial charge is 0.242 e. The van der Waals surface area contributed by atoms with Crippen molar-refractivity contribution in [1.82, 2.24) is 4.72 Å². The average molecular weight is 478 g/mol. The quantitative estimate of drug-likeness (QED) is 0.288. The number of hydrogen-bond donors (Lipinski definition) is 3. The normalized spacial score (nSPS) is 13.0.